The summed E-state index contributed by atoms with van der Waals surface area (Å²) in [4.78, 5) is 24.1. The minimum Gasteiger partial charge on any atom is -0.462 e. The van der Waals surface area contributed by atoms with E-state index in [1.165, 1.54) is 11.8 Å². The summed E-state index contributed by atoms with van der Waals surface area (Å²) < 4.78 is 6.81. The largest absolute Gasteiger partial charge is 0.462 e. The van der Waals surface area contributed by atoms with Crippen LogP contribution in [-0.4, -0.2) is 39.0 Å². The van der Waals surface area contributed by atoms with Crippen LogP contribution in [0.1, 0.15) is 23.1 Å². The van der Waals surface area contributed by atoms with Crippen LogP contribution in [0, 0.1) is 0 Å². The van der Waals surface area contributed by atoms with Gasteiger partial charge in [0.15, 0.2) is 11.0 Å². The number of amides is 1. The van der Waals surface area contributed by atoms with E-state index in [0.29, 0.717) is 34.6 Å². The molecule has 3 rings (SSSR count). The van der Waals surface area contributed by atoms with E-state index in [9.17, 15) is 9.59 Å². The maximum absolute atomic E-state index is 12.3. The zero-order chi connectivity index (χ0) is 22.2. The number of halogens is 1. The van der Waals surface area contributed by atoms with Crippen LogP contribution in [0.2, 0.25) is 5.02 Å². The first-order chi connectivity index (χ1) is 15.0. The third-order valence-electron chi connectivity index (χ3n) is 4.21. The summed E-state index contributed by atoms with van der Waals surface area (Å²) in [6.45, 7) is 2.52. The minimum absolute atomic E-state index is 0.153. The molecule has 3 aromatic rings. The molecule has 0 atom stereocenters. The zero-order valence-corrected chi connectivity index (χ0v) is 18.7. The predicted octanol–water partition coefficient (Wildman–Crippen LogP) is 3.99. The van der Waals surface area contributed by atoms with Gasteiger partial charge in [-0.3, -0.25) is 4.79 Å². The molecule has 0 saturated carbocycles. The first-order valence-corrected chi connectivity index (χ1v) is 10.9. The van der Waals surface area contributed by atoms with Crippen molar-refractivity contribution in [3.05, 3.63) is 64.9 Å². The molecule has 0 saturated heterocycles. The van der Waals surface area contributed by atoms with E-state index in [-0.39, 0.29) is 11.7 Å². The van der Waals surface area contributed by atoms with Gasteiger partial charge in [-0.05, 0) is 49.4 Å². The van der Waals surface area contributed by atoms with Crippen molar-refractivity contribution < 1.29 is 14.3 Å². The van der Waals surface area contributed by atoms with Gasteiger partial charge in [0.1, 0.15) is 0 Å². The Hall–Kier alpha value is -3.04. The Morgan fingerprint density at radius 1 is 1.13 bits per heavy atom. The van der Waals surface area contributed by atoms with Gasteiger partial charge in [-0.2, -0.15) is 0 Å². The van der Waals surface area contributed by atoms with E-state index in [2.05, 4.69) is 20.8 Å². The Morgan fingerprint density at radius 2 is 1.90 bits per heavy atom. The summed E-state index contributed by atoms with van der Waals surface area (Å²) in [5.41, 5.74) is 1.84. The summed E-state index contributed by atoms with van der Waals surface area (Å²) >= 11 is 7.17. The lowest BCUT2D eigenvalue weighted by Gasteiger charge is -2.08. The van der Waals surface area contributed by atoms with Gasteiger partial charge in [-0.25, -0.2) is 4.79 Å². The van der Waals surface area contributed by atoms with Crippen molar-refractivity contribution >= 4 is 46.6 Å². The summed E-state index contributed by atoms with van der Waals surface area (Å²) in [5.74, 6) is 0.252. The molecule has 10 heteroatoms. The monoisotopic (exact) mass is 459 g/mol. The number of aromatic nitrogens is 3. The molecule has 0 bridgehead atoms. The van der Waals surface area contributed by atoms with Crippen molar-refractivity contribution in [3.8, 4) is 0 Å². The summed E-state index contributed by atoms with van der Waals surface area (Å²) in [6.07, 6.45) is 0. The second-order valence-electron chi connectivity index (χ2n) is 6.46. The van der Waals surface area contributed by atoms with Crippen LogP contribution in [0.25, 0.3) is 0 Å². The highest BCUT2D eigenvalue weighted by molar-refractivity contribution is 7.99. The van der Waals surface area contributed by atoms with Gasteiger partial charge in [0.25, 0.3) is 0 Å². The van der Waals surface area contributed by atoms with Crippen LogP contribution in [0.15, 0.2) is 53.7 Å². The Kier molecular flexibility index (Phi) is 7.91. The SMILES string of the molecule is CCOC(=O)c1cccc(NC(=O)CSc2nnc(CNc3ccc(Cl)cc3)n2C)c1. The second kappa shape index (κ2) is 10.8. The Bertz CT molecular complexity index is 1060. The van der Waals surface area contributed by atoms with Crippen molar-refractivity contribution in [2.24, 2.45) is 7.05 Å². The first-order valence-electron chi connectivity index (χ1n) is 9.53. The number of hydrogen-bond acceptors (Lipinski definition) is 7. The van der Waals surface area contributed by atoms with Gasteiger partial charge in [0.2, 0.25) is 5.91 Å². The molecule has 0 fully saturated rings. The van der Waals surface area contributed by atoms with E-state index in [4.69, 9.17) is 16.3 Å². The van der Waals surface area contributed by atoms with E-state index < -0.39 is 5.97 Å². The number of rotatable bonds is 9. The maximum atomic E-state index is 12.3. The fraction of sp³-hybridized carbons (Fsp3) is 0.238. The molecular formula is C21H22ClN5O3S. The molecular weight excluding hydrogens is 438 g/mol. The number of thioether (sulfide) groups is 1. The summed E-state index contributed by atoms with van der Waals surface area (Å²) in [5, 5.41) is 15.7. The molecule has 0 spiro atoms. The minimum atomic E-state index is -0.424. The summed E-state index contributed by atoms with van der Waals surface area (Å²) in [7, 11) is 1.85. The third kappa shape index (κ3) is 6.47. The molecule has 0 aliphatic heterocycles. The van der Waals surface area contributed by atoms with Crippen molar-refractivity contribution in [2.45, 2.75) is 18.6 Å². The fourth-order valence-corrected chi connectivity index (χ4v) is 3.50. The van der Waals surface area contributed by atoms with Gasteiger partial charge in [-0.1, -0.05) is 29.4 Å². The normalized spacial score (nSPS) is 10.5. The molecule has 0 unspecified atom stereocenters. The third-order valence-corrected chi connectivity index (χ3v) is 5.48. The van der Waals surface area contributed by atoms with Crippen LogP contribution in [0.5, 0.6) is 0 Å². The van der Waals surface area contributed by atoms with Crippen LogP contribution < -0.4 is 10.6 Å². The molecule has 0 radical (unpaired) electrons. The number of benzene rings is 2. The molecule has 0 aliphatic rings. The first kappa shape index (κ1) is 22.6. The molecule has 31 heavy (non-hydrogen) atoms. The van der Waals surface area contributed by atoms with Gasteiger partial charge in [0, 0.05) is 23.4 Å². The number of ether oxygens (including phenoxy) is 1. The zero-order valence-electron chi connectivity index (χ0n) is 17.1. The maximum Gasteiger partial charge on any atom is 0.338 e. The van der Waals surface area contributed by atoms with Gasteiger partial charge < -0.3 is 19.9 Å². The number of nitrogens with zero attached hydrogens (tertiary/aromatic N) is 3. The molecule has 8 nitrogen and oxygen atoms in total. The quantitative estimate of drug-likeness (QED) is 0.368. The highest BCUT2D eigenvalue weighted by Gasteiger charge is 2.13. The molecule has 0 aliphatic carbocycles. The number of carbonyl (C=O) groups is 2. The topological polar surface area (TPSA) is 98.1 Å². The number of carbonyl (C=O) groups excluding carboxylic acids is 2. The van der Waals surface area contributed by atoms with E-state index in [1.807, 2.05) is 35.9 Å². The number of esters is 1. The molecule has 2 aromatic carbocycles. The van der Waals surface area contributed by atoms with Gasteiger partial charge in [0.05, 0.1) is 24.5 Å². The summed E-state index contributed by atoms with van der Waals surface area (Å²) in [6, 6.07) is 14.0. The van der Waals surface area contributed by atoms with Crippen molar-refractivity contribution in [2.75, 3.05) is 23.0 Å². The lowest BCUT2D eigenvalue weighted by Crippen LogP contribution is -2.15. The molecule has 1 amide bonds. The van der Waals surface area contributed by atoms with Gasteiger partial charge >= 0.3 is 5.97 Å². The average molecular weight is 460 g/mol. The standard InChI is InChI=1S/C21H22ClN5O3S/c1-3-30-20(29)14-5-4-6-17(11-14)24-19(28)13-31-21-26-25-18(27(21)2)12-23-16-9-7-15(22)8-10-16/h4-11,23H,3,12-13H2,1-2H3,(H,24,28). The van der Waals surface area contributed by atoms with Crippen molar-refractivity contribution in [3.63, 3.8) is 0 Å². The lowest BCUT2D eigenvalue weighted by atomic mass is 10.2. The Balaban J connectivity index is 1.52. The predicted molar refractivity (Wildman–Crippen MR) is 122 cm³/mol. The lowest BCUT2D eigenvalue weighted by molar-refractivity contribution is -0.113. The van der Waals surface area contributed by atoms with Crippen molar-refractivity contribution in [1.82, 2.24) is 14.8 Å². The fourth-order valence-electron chi connectivity index (χ4n) is 2.64. The van der Waals surface area contributed by atoms with E-state index in [0.717, 1.165) is 11.5 Å². The molecule has 2 N–H and O–H groups in total. The number of nitrogens with one attached hydrogen (secondary N) is 2. The van der Waals surface area contributed by atoms with Crippen molar-refractivity contribution in [1.29, 1.82) is 0 Å². The van der Waals surface area contributed by atoms with Crippen LogP contribution in [0.3, 0.4) is 0 Å². The molecule has 1 aromatic heterocycles. The highest BCUT2D eigenvalue weighted by atomic mass is 35.5. The molecule has 1 heterocycles. The van der Waals surface area contributed by atoms with E-state index in [1.54, 1.807) is 31.2 Å². The smallest absolute Gasteiger partial charge is 0.338 e. The number of anilines is 2. The Morgan fingerprint density at radius 3 is 2.65 bits per heavy atom. The Labute approximate surface area is 189 Å². The molecule has 162 valence electrons. The van der Waals surface area contributed by atoms with E-state index >= 15 is 0 Å². The van der Waals surface area contributed by atoms with Crippen LogP contribution in [0.4, 0.5) is 11.4 Å². The van der Waals surface area contributed by atoms with Crippen LogP contribution in [-0.2, 0) is 23.1 Å². The van der Waals surface area contributed by atoms with Gasteiger partial charge in [-0.15, -0.1) is 10.2 Å². The second-order valence-corrected chi connectivity index (χ2v) is 7.84. The highest BCUT2D eigenvalue weighted by Crippen LogP contribution is 2.19. The van der Waals surface area contributed by atoms with Crippen LogP contribution >= 0.6 is 23.4 Å². The average Bonchev–Trinajstić information content (AvgIpc) is 3.11. The number of hydrogen-bond donors (Lipinski definition) is 2.